The number of piperidine rings is 1. The lowest BCUT2D eigenvalue weighted by Gasteiger charge is -2.37. The van der Waals surface area contributed by atoms with Crippen molar-refractivity contribution in [1.82, 2.24) is 14.7 Å². The van der Waals surface area contributed by atoms with Crippen molar-refractivity contribution in [2.24, 2.45) is 7.05 Å². The molecule has 32 heavy (non-hydrogen) atoms. The minimum absolute atomic E-state index is 0.146. The molecule has 3 rings (SSSR count). The summed E-state index contributed by atoms with van der Waals surface area (Å²) in [4.78, 5) is 15.4. The quantitative estimate of drug-likeness (QED) is 0.622. The number of aryl methyl sites for hydroxylation is 2. The molecule has 2 aromatic rings. The van der Waals surface area contributed by atoms with Crippen molar-refractivity contribution in [2.45, 2.75) is 77.2 Å². The average Bonchev–Trinajstić information content (AvgIpc) is 3.03. The number of anilines is 1. The summed E-state index contributed by atoms with van der Waals surface area (Å²) in [5.41, 5.74) is 2.61. The molecule has 1 fully saturated rings. The Hall–Kier alpha value is -2.35. The van der Waals surface area contributed by atoms with Gasteiger partial charge in [-0.05, 0) is 63.1 Å². The van der Waals surface area contributed by atoms with Crippen LogP contribution in [0.3, 0.4) is 0 Å². The van der Waals surface area contributed by atoms with E-state index < -0.39 is 10.0 Å². The van der Waals surface area contributed by atoms with Crippen molar-refractivity contribution in [3.05, 3.63) is 41.2 Å². The number of rotatable bonds is 7. The summed E-state index contributed by atoms with van der Waals surface area (Å²) in [5, 5.41) is 4.30. The van der Waals surface area contributed by atoms with Crippen LogP contribution in [-0.4, -0.2) is 48.1 Å². The van der Waals surface area contributed by atoms with Crippen LogP contribution < -0.4 is 4.31 Å². The standard InChI is InChI=1S/C24H36N4O3S/c1-7-21-10-8-9-15-27(21)23(29)16-28(22-13-11-20(12-14-22)17(2)3)32(30,31)24-18(4)25-26(6)19(24)5/h11-14,17,21H,7-10,15-16H2,1-6H3. The Labute approximate surface area is 192 Å². The molecule has 176 valence electrons. The summed E-state index contributed by atoms with van der Waals surface area (Å²) in [5.74, 6) is 0.185. The van der Waals surface area contributed by atoms with E-state index in [0.717, 1.165) is 31.2 Å². The molecule has 0 radical (unpaired) electrons. The molecule has 2 heterocycles. The third kappa shape index (κ3) is 4.70. The lowest BCUT2D eigenvalue weighted by atomic mass is 10.00. The molecule has 1 aromatic heterocycles. The van der Waals surface area contributed by atoms with Gasteiger partial charge in [0.1, 0.15) is 11.4 Å². The van der Waals surface area contributed by atoms with E-state index in [9.17, 15) is 13.2 Å². The first-order valence-corrected chi connectivity index (χ1v) is 12.9. The molecule has 0 saturated carbocycles. The van der Waals surface area contributed by atoms with Gasteiger partial charge in [0.2, 0.25) is 5.91 Å². The molecule has 0 bridgehead atoms. The fraction of sp³-hybridized carbons (Fsp3) is 0.583. The normalized spacial score (nSPS) is 17.1. The van der Waals surface area contributed by atoms with E-state index in [-0.39, 0.29) is 23.4 Å². The van der Waals surface area contributed by atoms with Gasteiger partial charge >= 0.3 is 0 Å². The zero-order valence-corrected chi connectivity index (χ0v) is 20.9. The van der Waals surface area contributed by atoms with Crippen molar-refractivity contribution in [3.8, 4) is 0 Å². The Morgan fingerprint density at radius 2 is 1.84 bits per heavy atom. The highest BCUT2D eigenvalue weighted by atomic mass is 32.2. The summed E-state index contributed by atoms with van der Waals surface area (Å²) in [6.07, 6.45) is 3.91. The molecular formula is C24H36N4O3S. The maximum Gasteiger partial charge on any atom is 0.268 e. The van der Waals surface area contributed by atoms with Gasteiger partial charge in [-0.1, -0.05) is 32.9 Å². The van der Waals surface area contributed by atoms with E-state index in [1.807, 2.05) is 17.0 Å². The summed E-state index contributed by atoms with van der Waals surface area (Å²) < 4.78 is 30.6. The maximum absolute atomic E-state index is 13.9. The number of sulfonamides is 1. The molecule has 0 spiro atoms. The highest BCUT2D eigenvalue weighted by molar-refractivity contribution is 7.93. The Morgan fingerprint density at radius 3 is 2.38 bits per heavy atom. The Morgan fingerprint density at radius 1 is 1.19 bits per heavy atom. The fourth-order valence-corrected chi connectivity index (χ4v) is 6.36. The Balaban J connectivity index is 2.04. The van der Waals surface area contributed by atoms with E-state index in [4.69, 9.17) is 0 Å². The number of likely N-dealkylation sites (tertiary alicyclic amines) is 1. The number of aromatic nitrogens is 2. The van der Waals surface area contributed by atoms with Gasteiger partial charge in [-0.15, -0.1) is 0 Å². The second-order valence-electron chi connectivity index (χ2n) is 9.03. The number of amides is 1. The van der Waals surface area contributed by atoms with Crippen molar-refractivity contribution in [3.63, 3.8) is 0 Å². The van der Waals surface area contributed by atoms with Gasteiger partial charge in [-0.25, -0.2) is 8.42 Å². The summed E-state index contributed by atoms with van der Waals surface area (Å²) in [6, 6.07) is 7.65. The first-order valence-electron chi connectivity index (χ1n) is 11.5. The largest absolute Gasteiger partial charge is 0.338 e. The van der Waals surface area contributed by atoms with Gasteiger partial charge in [0, 0.05) is 19.6 Å². The van der Waals surface area contributed by atoms with E-state index in [1.165, 1.54) is 4.31 Å². The van der Waals surface area contributed by atoms with Crippen molar-refractivity contribution >= 4 is 21.6 Å². The van der Waals surface area contributed by atoms with Crippen molar-refractivity contribution in [2.75, 3.05) is 17.4 Å². The van der Waals surface area contributed by atoms with E-state index in [0.29, 0.717) is 29.5 Å². The highest BCUT2D eigenvalue weighted by Crippen LogP contribution is 2.30. The fourth-order valence-electron chi connectivity index (χ4n) is 4.55. The smallest absolute Gasteiger partial charge is 0.268 e. The number of nitrogens with zero attached hydrogens (tertiary/aromatic N) is 4. The average molecular weight is 461 g/mol. The predicted octanol–water partition coefficient (Wildman–Crippen LogP) is 4.15. The lowest BCUT2D eigenvalue weighted by Crippen LogP contribution is -2.49. The summed E-state index contributed by atoms with van der Waals surface area (Å²) in [7, 11) is -2.25. The topological polar surface area (TPSA) is 75.5 Å². The molecule has 0 N–H and O–H groups in total. The molecule has 1 aliphatic rings. The van der Waals surface area contributed by atoms with Crippen molar-refractivity contribution in [1.29, 1.82) is 0 Å². The zero-order chi connectivity index (χ0) is 23.6. The number of benzene rings is 1. The number of carbonyl (C=O) groups excluding carboxylic acids is 1. The molecule has 7 nitrogen and oxygen atoms in total. The van der Waals surface area contributed by atoms with Gasteiger partial charge in [-0.3, -0.25) is 13.8 Å². The van der Waals surface area contributed by atoms with Crippen LogP contribution in [0.4, 0.5) is 5.69 Å². The van der Waals surface area contributed by atoms with Crippen molar-refractivity contribution < 1.29 is 13.2 Å². The lowest BCUT2D eigenvalue weighted by molar-refractivity contribution is -0.133. The maximum atomic E-state index is 13.9. The van der Waals surface area contributed by atoms with Gasteiger partial charge < -0.3 is 4.90 Å². The summed E-state index contributed by atoms with van der Waals surface area (Å²) >= 11 is 0. The Bertz CT molecular complexity index is 1060. The molecular weight excluding hydrogens is 424 g/mol. The third-order valence-corrected chi connectivity index (χ3v) is 8.56. The molecule has 1 aliphatic heterocycles. The molecule has 1 saturated heterocycles. The first-order chi connectivity index (χ1) is 15.1. The van der Waals surface area contributed by atoms with Crippen LogP contribution in [0.25, 0.3) is 0 Å². The van der Waals surface area contributed by atoms with Crippen LogP contribution in [0.15, 0.2) is 29.2 Å². The van der Waals surface area contributed by atoms with E-state index in [1.54, 1.807) is 37.7 Å². The predicted molar refractivity (Wildman–Crippen MR) is 127 cm³/mol. The van der Waals surface area contributed by atoms with Gasteiger partial charge in [0.15, 0.2) is 0 Å². The van der Waals surface area contributed by atoms with Crippen LogP contribution in [0.5, 0.6) is 0 Å². The minimum Gasteiger partial charge on any atom is -0.338 e. The SMILES string of the molecule is CCC1CCCCN1C(=O)CN(c1ccc(C(C)C)cc1)S(=O)(=O)c1c(C)nn(C)c1C. The monoisotopic (exact) mass is 460 g/mol. The molecule has 0 aliphatic carbocycles. The number of hydrogen-bond acceptors (Lipinski definition) is 4. The van der Waals surface area contributed by atoms with Gasteiger partial charge in [0.25, 0.3) is 10.0 Å². The van der Waals surface area contributed by atoms with E-state index >= 15 is 0 Å². The minimum atomic E-state index is -3.98. The Kier molecular flexibility index (Phi) is 7.32. The molecule has 1 amide bonds. The zero-order valence-electron chi connectivity index (χ0n) is 20.1. The highest BCUT2D eigenvalue weighted by Gasteiger charge is 2.35. The van der Waals surface area contributed by atoms with Gasteiger partial charge in [-0.2, -0.15) is 5.10 Å². The summed E-state index contributed by atoms with van der Waals surface area (Å²) in [6.45, 7) is 10.2. The third-order valence-electron chi connectivity index (χ3n) is 6.54. The van der Waals surface area contributed by atoms with Gasteiger partial charge in [0.05, 0.1) is 17.1 Å². The second kappa shape index (κ2) is 9.65. The van der Waals surface area contributed by atoms with Crippen LogP contribution in [-0.2, 0) is 21.9 Å². The molecule has 1 unspecified atom stereocenters. The molecule has 8 heteroatoms. The molecule has 1 aromatic carbocycles. The number of carbonyl (C=O) groups is 1. The number of hydrogen-bond donors (Lipinski definition) is 0. The van der Waals surface area contributed by atoms with Crippen LogP contribution in [0.1, 0.15) is 69.3 Å². The second-order valence-corrected chi connectivity index (χ2v) is 10.8. The van der Waals surface area contributed by atoms with E-state index in [2.05, 4.69) is 25.9 Å². The van der Waals surface area contributed by atoms with Crippen LogP contribution in [0, 0.1) is 13.8 Å². The van der Waals surface area contributed by atoms with Crippen LogP contribution in [0.2, 0.25) is 0 Å². The van der Waals surface area contributed by atoms with Crippen LogP contribution >= 0.6 is 0 Å². The first kappa shape index (κ1) is 24.3. The molecule has 1 atom stereocenters.